The lowest BCUT2D eigenvalue weighted by atomic mass is 10.1. The summed E-state index contributed by atoms with van der Waals surface area (Å²) in [7, 11) is 0. The molecule has 0 saturated heterocycles. The molecule has 0 unspecified atom stereocenters. The zero-order chi connectivity index (χ0) is 18.6. The lowest BCUT2D eigenvalue weighted by Crippen LogP contribution is -2.07. The second-order valence-electron chi connectivity index (χ2n) is 7.02. The highest BCUT2D eigenvalue weighted by molar-refractivity contribution is 7.98. The van der Waals surface area contributed by atoms with Crippen LogP contribution in [0.2, 0.25) is 0 Å². The molecule has 0 atom stereocenters. The van der Waals surface area contributed by atoms with E-state index in [1.165, 1.54) is 36.8 Å². The molecule has 6 heteroatoms. The molecule has 27 heavy (non-hydrogen) atoms. The van der Waals surface area contributed by atoms with Gasteiger partial charge in [-0.05, 0) is 19.8 Å². The Kier molecular flexibility index (Phi) is 5.74. The molecule has 4 rings (SSSR count). The number of hydrogen-bond donors (Lipinski definition) is 0. The van der Waals surface area contributed by atoms with E-state index in [0.29, 0.717) is 5.92 Å². The number of hydrogen-bond acceptors (Lipinski definition) is 5. The van der Waals surface area contributed by atoms with Crippen molar-refractivity contribution in [2.45, 2.75) is 56.0 Å². The largest absolute Gasteiger partial charge is 0.302 e. The Morgan fingerprint density at radius 3 is 2.74 bits per heavy atom. The average molecular weight is 397 g/mol. The Balaban J connectivity index is 1.47. The van der Waals surface area contributed by atoms with E-state index in [0.717, 1.165) is 34.0 Å². The average Bonchev–Trinajstić information content (AvgIpc) is 3.42. The maximum atomic E-state index is 4.81. The fraction of sp³-hybridized carbons (Fsp3) is 0.381. The van der Waals surface area contributed by atoms with Gasteiger partial charge in [-0.1, -0.05) is 60.5 Å². The summed E-state index contributed by atoms with van der Waals surface area (Å²) < 4.78 is 2.24. The standard InChI is InChI=1S/C21H24N4S2/c1-3-12-25-19(16-6-4-5-7-16)23-24-21(25)27-14-18-13-26-20(22-18)17-10-8-15(2)9-11-17/h3,8-11,13,16H,1,4-7,12,14H2,2H3. The van der Waals surface area contributed by atoms with Gasteiger partial charge in [0.25, 0.3) is 0 Å². The molecule has 1 fully saturated rings. The van der Waals surface area contributed by atoms with Crippen molar-refractivity contribution in [3.8, 4) is 10.6 Å². The highest BCUT2D eigenvalue weighted by Crippen LogP contribution is 2.35. The summed E-state index contributed by atoms with van der Waals surface area (Å²) in [6, 6.07) is 8.54. The summed E-state index contributed by atoms with van der Waals surface area (Å²) in [6.07, 6.45) is 6.99. The number of thioether (sulfide) groups is 1. The molecule has 0 aliphatic heterocycles. The number of aromatic nitrogens is 4. The van der Waals surface area contributed by atoms with Crippen molar-refractivity contribution in [2.75, 3.05) is 0 Å². The van der Waals surface area contributed by atoms with Crippen LogP contribution in [0, 0.1) is 6.92 Å². The minimum absolute atomic E-state index is 0.555. The normalized spacial score (nSPS) is 14.7. The third-order valence-electron chi connectivity index (χ3n) is 4.98. The summed E-state index contributed by atoms with van der Waals surface area (Å²) in [6.45, 7) is 6.78. The maximum absolute atomic E-state index is 4.81. The van der Waals surface area contributed by atoms with Gasteiger partial charge in [0.2, 0.25) is 0 Å². The van der Waals surface area contributed by atoms with E-state index in [2.05, 4.69) is 57.9 Å². The second kappa shape index (κ2) is 8.40. The van der Waals surface area contributed by atoms with E-state index in [1.54, 1.807) is 23.1 Å². The molecule has 1 aliphatic rings. The maximum Gasteiger partial charge on any atom is 0.191 e. The van der Waals surface area contributed by atoms with Crippen LogP contribution in [-0.2, 0) is 12.3 Å². The van der Waals surface area contributed by atoms with Crippen LogP contribution in [0.3, 0.4) is 0 Å². The third-order valence-corrected chi connectivity index (χ3v) is 6.92. The Morgan fingerprint density at radius 2 is 2.00 bits per heavy atom. The van der Waals surface area contributed by atoms with Crippen molar-refractivity contribution >= 4 is 23.1 Å². The molecule has 3 aromatic rings. The lowest BCUT2D eigenvalue weighted by Gasteiger charge is -2.11. The number of aryl methyl sites for hydroxylation is 1. The Bertz CT molecular complexity index is 905. The molecule has 2 heterocycles. The first-order valence-corrected chi connectivity index (χ1v) is 11.3. The zero-order valence-electron chi connectivity index (χ0n) is 15.6. The molecule has 1 aliphatic carbocycles. The van der Waals surface area contributed by atoms with Crippen molar-refractivity contribution in [1.29, 1.82) is 0 Å². The predicted octanol–water partition coefficient (Wildman–Crippen LogP) is 5.85. The van der Waals surface area contributed by atoms with Crippen LogP contribution < -0.4 is 0 Å². The molecule has 1 aromatic carbocycles. The molecule has 0 N–H and O–H groups in total. The molecule has 1 saturated carbocycles. The SMILES string of the molecule is C=CCn1c(SCc2csc(-c3ccc(C)cc3)n2)nnc1C1CCCC1. The van der Waals surface area contributed by atoms with Crippen LogP contribution >= 0.6 is 23.1 Å². The summed E-state index contributed by atoms with van der Waals surface area (Å²) in [5, 5.41) is 13.2. The van der Waals surface area contributed by atoms with Crippen molar-refractivity contribution in [3.05, 3.63) is 59.4 Å². The molecule has 0 spiro atoms. The van der Waals surface area contributed by atoms with E-state index < -0.39 is 0 Å². The van der Waals surface area contributed by atoms with Gasteiger partial charge < -0.3 is 4.57 Å². The molecular formula is C21H24N4S2. The first-order chi connectivity index (χ1) is 13.2. The van der Waals surface area contributed by atoms with Gasteiger partial charge >= 0.3 is 0 Å². The van der Waals surface area contributed by atoms with Crippen LogP contribution in [0.5, 0.6) is 0 Å². The van der Waals surface area contributed by atoms with Crippen molar-refractivity contribution in [2.24, 2.45) is 0 Å². The molecule has 4 nitrogen and oxygen atoms in total. The van der Waals surface area contributed by atoms with Gasteiger partial charge in [0.1, 0.15) is 10.8 Å². The minimum atomic E-state index is 0.555. The van der Waals surface area contributed by atoms with Crippen molar-refractivity contribution in [3.63, 3.8) is 0 Å². The molecular weight excluding hydrogens is 372 g/mol. The number of nitrogens with zero attached hydrogens (tertiary/aromatic N) is 4. The van der Waals surface area contributed by atoms with Crippen LogP contribution in [0.15, 0.2) is 47.5 Å². The van der Waals surface area contributed by atoms with Gasteiger partial charge in [-0.3, -0.25) is 0 Å². The quantitative estimate of drug-likeness (QED) is 0.371. The fourth-order valence-corrected chi connectivity index (χ4v) is 5.31. The number of benzene rings is 1. The van der Waals surface area contributed by atoms with E-state index in [-0.39, 0.29) is 0 Å². The second-order valence-corrected chi connectivity index (χ2v) is 8.82. The molecule has 0 amide bonds. The summed E-state index contributed by atoms with van der Waals surface area (Å²) in [4.78, 5) is 4.81. The highest BCUT2D eigenvalue weighted by Gasteiger charge is 2.24. The number of thiazole rings is 1. The Hall–Kier alpha value is -1.92. The van der Waals surface area contributed by atoms with Gasteiger partial charge in [0.05, 0.1) is 5.69 Å². The first kappa shape index (κ1) is 18.4. The Morgan fingerprint density at radius 1 is 1.22 bits per heavy atom. The summed E-state index contributed by atoms with van der Waals surface area (Å²) >= 11 is 3.42. The first-order valence-electron chi connectivity index (χ1n) is 9.43. The highest BCUT2D eigenvalue weighted by atomic mass is 32.2. The fourth-order valence-electron chi connectivity index (χ4n) is 3.53. The number of rotatable bonds is 7. The van der Waals surface area contributed by atoms with Crippen molar-refractivity contribution < 1.29 is 0 Å². The van der Waals surface area contributed by atoms with Gasteiger partial charge in [0.15, 0.2) is 5.16 Å². The van der Waals surface area contributed by atoms with E-state index in [4.69, 9.17) is 4.98 Å². The molecule has 140 valence electrons. The van der Waals surface area contributed by atoms with Crippen molar-refractivity contribution in [1.82, 2.24) is 19.7 Å². The van der Waals surface area contributed by atoms with Gasteiger partial charge in [-0.25, -0.2) is 4.98 Å². The van der Waals surface area contributed by atoms with Crippen LogP contribution in [0.25, 0.3) is 10.6 Å². The lowest BCUT2D eigenvalue weighted by molar-refractivity contribution is 0.594. The molecule has 0 radical (unpaired) electrons. The Labute approximate surface area is 168 Å². The summed E-state index contributed by atoms with van der Waals surface area (Å²) in [5.74, 6) is 2.50. The third kappa shape index (κ3) is 4.17. The zero-order valence-corrected chi connectivity index (χ0v) is 17.2. The molecule has 0 bridgehead atoms. The smallest absolute Gasteiger partial charge is 0.191 e. The van der Waals surface area contributed by atoms with Crippen LogP contribution in [0.1, 0.15) is 48.7 Å². The van der Waals surface area contributed by atoms with Gasteiger partial charge in [0, 0.05) is 29.2 Å². The van der Waals surface area contributed by atoms with E-state index >= 15 is 0 Å². The monoisotopic (exact) mass is 396 g/mol. The van der Waals surface area contributed by atoms with Gasteiger partial charge in [-0.15, -0.1) is 28.1 Å². The number of allylic oxidation sites excluding steroid dienone is 1. The minimum Gasteiger partial charge on any atom is -0.302 e. The predicted molar refractivity (Wildman–Crippen MR) is 113 cm³/mol. The van der Waals surface area contributed by atoms with E-state index in [9.17, 15) is 0 Å². The topological polar surface area (TPSA) is 43.6 Å². The van der Waals surface area contributed by atoms with Gasteiger partial charge in [-0.2, -0.15) is 0 Å². The van der Waals surface area contributed by atoms with E-state index in [1.807, 2.05) is 6.08 Å². The summed E-state index contributed by atoms with van der Waals surface area (Å²) in [5.41, 5.74) is 3.54. The van der Waals surface area contributed by atoms with Crippen LogP contribution in [0.4, 0.5) is 0 Å². The molecule has 2 aromatic heterocycles. The van der Waals surface area contributed by atoms with Crippen LogP contribution in [-0.4, -0.2) is 19.7 Å².